The number of rotatable bonds is 6. The highest BCUT2D eigenvalue weighted by molar-refractivity contribution is 7.99. The van der Waals surface area contributed by atoms with E-state index in [0.717, 1.165) is 56.1 Å². The molecule has 7 nitrogen and oxygen atoms in total. The number of hydrogen-bond donors (Lipinski definition) is 0. The first-order valence-corrected chi connectivity index (χ1v) is 9.65. The van der Waals surface area contributed by atoms with Crippen LogP contribution < -0.4 is 4.90 Å². The molecule has 2 aliphatic heterocycles. The molecule has 3 rings (SSSR count). The first kappa shape index (κ1) is 17.5. The molecule has 2 saturated heterocycles. The number of aromatic nitrogens is 3. The summed E-state index contributed by atoms with van der Waals surface area (Å²) in [6.45, 7) is 5.89. The average Bonchev–Trinajstić information content (AvgIpc) is 3.24. The lowest BCUT2D eigenvalue weighted by atomic mass is 10.00. The van der Waals surface area contributed by atoms with Gasteiger partial charge < -0.3 is 14.4 Å². The zero-order valence-corrected chi connectivity index (χ0v) is 15.3. The van der Waals surface area contributed by atoms with Gasteiger partial charge in [-0.15, -0.1) is 10.2 Å². The van der Waals surface area contributed by atoms with Crippen LogP contribution in [0.4, 0.5) is 5.95 Å². The Hall–Kier alpha value is -1.28. The minimum absolute atomic E-state index is 0.209. The van der Waals surface area contributed by atoms with Gasteiger partial charge >= 0.3 is 5.97 Å². The smallest absolute Gasteiger partial charge is 0.316 e. The summed E-state index contributed by atoms with van der Waals surface area (Å²) in [4.78, 5) is 13.8. The maximum absolute atomic E-state index is 11.4. The second-order valence-electron chi connectivity index (χ2n) is 6.56. The minimum atomic E-state index is -0.250. The molecule has 134 valence electrons. The molecule has 0 N–H and O–H groups in total. The largest absolute Gasteiger partial charge is 0.468 e. The Labute approximate surface area is 147 Å². The first-order chi connectivity index (χ1) is 11.7. The second kappa shape index (κ2) is 8.20. The number of nitrogens with zero attached hydrogens (tertiary/aromatic N) is 4. The lowest BCUT2D eigenvalue weighted by Crippen LogP contribution is -2.35. The molecule has 0 aliphatic carbocycles. The SMILES string of the molecule is COC(=O)CSc1nnc(N2CCC(C)CC2)n1CC1CCCO1. The van der Waals surface area contributed by atoms with Crippen LogP contribution in [0.15, 0.2) is 5.16 Å². The molecule has 8 heteroatoms. The molecular formula is C16H26N4O3S. The zero-order chi connectivity index (χ0) is 16.9. The van der Waals surface area contributed by atoms with Crippen molar-refractivity contribution in [3.05, 3.63) is 0 Å². The molecule has 0 radical (unpaired) electrons. The summed E-state index contributed by atoms with van der Waals surface area (Å²) in [5.74, 6) is 1.67. The monoisotopic (exact) mass is 354 g/mol. The number of hydrogen-bond acceptors (Lipinski definition) is 7. The molecule has 0 bridgehead atoms. The zero-order valence-electron chi connectivity index (χ0n) is 14.4. The average molecular weight is 354 g/mol. The number of thioether (sulfide) groups is 1. The van der Waals surface area contributed by atoms with Crippen LogP contribution in [0.5, 0.6) is 0 Å². The van der Waals surface area contributed by atoms with E-state index in [9.17, 15) is 4.79 Å². The van der Waals surface area contributed by atoms with Gasteiger partial charge in [0, 0.05) is 19.7 Å². The quantitative estimate of drug-likeness (QED) is 0.571. The molecule has 3 heterocycles. The lowest BCUT2D eigenvalue weighted by molar-refractivity contribution is -0.137. The second-order valence-corrected chi connectivity index (χ2v) is 7.51. The number of carbonyl (C=O) groups is 1. The van der Waals surface area contributed by atoms with Crippen molar-refractivity contribution in [3.63, 3.8) is 0 Å². The van der Waals surface area contributed by atoms with E-state index in [1.54, 1.807) is 0 Å². The standard InChI is InChI=1S/C16H26N4O3S/c1-12-5-7-19(8-6-12)15-17-18-16(24-11-14(21)22-2)20(15)10-13-4-3-9-23-13/h12-13H,3-11H2,1-2H3. The fourth-order valence-electron chi connectivity index (χ4n) is 3.16. The molecule has 1 unspecified atom stereocenters. The van der Waals surface area contributed by atoms with Gasteiger partial charge in [0.1, 0.15) is 0 Å². The minimum Gasteiger partial charge on any atom is -0.468 e. The van der Waals surface area contributed by atoms with Gasteiger partial charge in [-0.1, -0.05) is 18.7 Å². The summed E-state index contributed by atoms with van der Waals surface area (Å²) in [6, 6.07) is 0. The summed E-state index contributed by atoms with van der Waals surface area (Å²) < 4.78 is 12.6. The fourth-order valence-corrected chi connectivity index (χ4v) is 3.94. The summed E-state index contributed by atoms with van der Waals surface area (Å²) in [5.41, 5.74) is 0. The molecule has 1 atom stereocenters. The fraction of sp³-hybridized carbons (Fsp3) is 0.812. The Balaban J connectivity index is 1.75. The Morgan fingerprint density at radius 1 is 1.33 bits per heavy atom. The number of methoxy groups -OCH3 is 1. The van der Waals surface area contributed by atoms with Crippen LogP contribution in [-0.4, -0.2) is 59.4 Å². The van der Waals surface area contributed by atoms with Gasteiger partial charge in [-0.2, -0.15) is 0 Å². The number of piperidine rings is 1. The molecule has 0 saturated carbocycles. The van der Waals surface area contributed by atoms with Crippen LogP contribution in [-0.2, 0) is 20.8 Å². The van der Waals surface area contributed by atoms with E-state index in [1.165, 1.54) is 31.7 Å². The highest BCUT2D eigenvalue weighted by atomic mass is 32.2. The predicted molar refractivity (Wildman–Crippen MR) is 92.3 cm³/mol. The van der Waals surface area contributed by atoms with E-state index in [0.29, 0.717) is 0 Å². The highest BCUT2D eigenvalue weighted by Gasteiger charge is 2.26. The summed E-state index contributed by atoms with van der Waals surface area (Å²) >= 11 is 1.38. The Morgan fingerprint density at radius 2 is 2.12 bits per heavy atom. The van der Waals surface area contributed by atoms with Crippen LogP contribution >= 0.6 is 11.8 Å². The van der Waals surface area contributed by atoms with Crippen LogP contribution in [0.25, 0.3) is 0 Å². The molecular weight excluding hydrogens is 328 g/mol. The van der Waals surface area contributed by atoms with Crippen LogP contribution in [0, 0.1) is 5.92 Å². The molecule has 2 aliphatic rings. The molecule has 0 amide bonds. The van der Waals surface area contributed by atoms with E-state index in [4.69, 9.17) is 9.47 Å². The van der Waals surface area contributed by atoms with Crippen LogP contribution in [0.3, 0.4) is 0 Å². The summed E-state index contributed by atoms with van der Waals surface area (Å²) in [5, 5.41) is 9.52. The van der Waals surface area contributed by atoms with Gasteiger partial charge in [0.2, 0.25) is 5.95 Å². The molecule has 0 aromatic carbocycles. The van der Waals surface area contributed by atoms with Crippen LogP contribution in [0.2, 0.25) is 0 Å². The third-order valence-electron chi connectivity index (χ3n) is 4.72. The maximum atomic E-state index is 11.4. The maximum Gasteiger partial charge on any atom is 0.316 e. The Morgan fingerprint density at radius 3 is 2.79 bits per heavy atom. The van der Waals surface area contributed by atoms with Crippen molar-refractivity contribution >= 4 is 23.7 Å². The number of carbonyl (C=O) groups excluding carboxylic acids is 1. The number of ether oxygens (including phenoxy) is 2. The van der Waals surface area contributed by atoms with Crippen molar-refractivity contribution in [3.8, 4) is 0 Å². The Kier molecular flexibility index (Phi) is 5.99. The van der Waals surface area contributed by atoms with E-state index in [1.807, 2.05) is 0 Å². The van der Waals surface area contributed by atoms with Gasteiger partial charge in [-0.3, -0.25) is 9.36 Å². The van der Waals surface area contributed by atoms with Crippen molar-refractivity contribution in [2.24, 2.45) is 5.92 Å². The lowest BCUT2D eigenvalue weighted by Gasteiger charge is -2.31. The van der Waals surface area contributed by atoms with E-state index in [2.05, 4.69) is 26.6 Å². The first-order valence-electron chi connectivity index (χ1n) is 8.66. The third kappa shape index (κ3) is 4.22. The van der Waals surface area contributed by atoms with Crippen molar-refractivity contribution in [2.75, 3.05) is 37.5 Å². The third-order valence-corrected chi connectivity index (χ3v) is 5.66. The Bertz CT molecular complexity index is 552. The van der Waals surface area contributed by atoms with Gasteiger partial charge in [0.15, 0.2) is 5.16 Å². The van der Waals surface area contributed by atoms with Gasteiger partial charge in [0.25, 0.3) is 0 Å². The number of anilines is 1. The van der Waals surface area contributed by atoms with E-state index in [-0.39, 0.29) is 17.8 Å². The summed E-state index contributed by atoms with van der Waals surface area (Å²) in [7, 11) is 1.40. The molecule has 0 spiro atoms. The summed E-state index contributed by atoms with van der Waals surface area (Å²) in [6.07, 6.45) is 4.74. The molecule has 24 heavy (non-hydrogen) atoms. The normalized spacial score (nSPS) is 22.1. The van der Waals surface area contributed by atoms with Crippen molar-refractivity contribution in [1.82, 2.24) is 14.8 Å². The van der Waals surface area contributed by atoms with Crippen LogP contribution in [0.1, 0.15) is 32.6 Å². The number of esters is 1. The molecule has 1 aromatic rings. The van der Waals surface area contributed by atoms with Crippen molar-refractivity contribution in [1.29, 1.82) is 0 Å². The van der Waals surface area contributed by atoms with Gasteiger partial charge in [-0.25, -0.2) is 0 Å². The van der Waals surface area contributed by atoms with Gasteiger partial charge in [-0.05, 0) is 31.6 Å². The van der Waals surface area contributed by atoms with E-state index < -0.39 is 0 Å². The van der Waals surface area contributed by atoms with Crippen molar-refractivity contribution in [2.45, 2.75) is 50.4 Å². The van der Waals surface area contributed by atoms with Gasteiger partial charge in [0.05, 0.1) is 25.5 Å². The predicted octanol–water partition coefficient (Wildman–Crippen LogP) is 1.96. The molecule has 2 fully saturated rings. The van der Waals surface area contributed by atoms with E-state index >= 15 is 0 Å². The topological polar surface area (TPSA) is 69.5 Å². The molecule has 1 aromatic heterocycles. The highest BCUT2D eigenvalue weighted by Crippen LogP contribution is 2.28. The van der Waals surface area contributed by atoms with Crippen molar-refractivity contribution < 1.29 is 14.3 Å².